The van der Waals surface area contributed by atoms with E-state index in [0.29, 0.717) is 21.9 Å². The van der Waals surface area contributed by atoms with Crippen LogP contribution in [0.25, 0.3) is 0 Å². The van der Waals surface area contributed by atoms with Gasteiger partial charge in [0.1, 0.15) is 0 Å². The molecular formula is C20H20O5S. The lowest BCUT2D eigenvalue weighted by molar-refractivity contribution is -0.142. The lowest BCUT2D eigenvalue weighted by atomic mass is 9.72. The Hall–Kier alpha value is -2.60. The quantitative estimate of drug-likeness (QED) is 0.590. The van der Waals surface area contributed by atoms with E-state index in [0.717, 1.165) is 11.1 Å². The van der Waals surface area contributed by atoms with Crippen LogP contribution in [0.5, 0.6) is 11.5 Å². The summed E-state index contributed by atoms with van der Waals surface area (Å²) in [5, 5.41) is 1.90. The van der Waals surface area contributed by atoms with Crippen molar-refractivity contribution in [3.63, 3.8) is 0 Å². The summed E-state index contributed by atoms with van der Waals surface area (Å²) in [6.45, 7) is 5.46. The third-order valence-electron chi connectivity index (χ3n) is 4.61. The summed E-state index contributed by atoms with van der Waals surface area (Å²) in [6.07, 6.45) is 0. The Bertz CT molecular complexity index is 867. The van der Waals surface area contributed by atoms with Crippen molar-refractivity contribution in [1.82, 2.24) is 0 Å². The molecule has 6 heteroatoms. The molecule has 26 heavy (non-hydrogen) atoms. The molecular weight excluding hydrogens is 352 g/mol. The summed E-state index contributed by atoms with van der Waals surface area (Å²) in [4.78, 5) is 24.7. The van der Waals surface area contributed by atoms with Crippen molar-refractivity contribution < 1.29 is 23.8 Å². The van der Waals surface area contributed by atoms with E-state index in [2.05, 4.69) is 6.58 Å². The minimum absolute atomic E-state index is 0.0797. The number of methoxy groups -OCH3 is 2. The van der Waals surface area contributed by atoms with Gasteiger partial charge in [0.15, 0.2) is 17.3 Å². The fourth-order valence-electron chi connectivity index (χ4n) is 3.34. The molecule has 0 amide bonds. The summed E-state index contributed by atoms with van der Waals surface area (Å²) in [7, 11) is 3.16. The van der Waals surface area contributed by atoms with Crippen molar-refractivity contribution in [2.75, 3.05) is 20.8 Å². The second kappa shape index (κ2) is 7.33. The third-order valence-corrected chi connectivity index (χ3v) is 5.54. The molecule has 1 heterocycles. The van der Waals surface area contributed by atoms with E-state index in [1.54, 1.807) is 14.2 Å². The van der Waals surface area contributed by atoms with Crippen LogP contribution in [0.2, 0.25) is 0 Å². The molecule has 0 N–H and O–H groups in total. The van der Waals surface area contributed by atoms with Crippen molar-refractivity contribution in [1.29, 1.82) is 0 Å². The Labute approximate surface area is 156 Å². The van der Waals surface area contributed by atoms with Crippen LogP contribution in [0.4, 0.5) is 0 Å². The molecule has 5 nitrogen and oxygen atoms in total. The van der Waals surface area contributed by atoms with E-state index in [4.69, 9.17) is 14.2 Å². The fraction of sp³-hybridized carbons (Fsp3) is 0.300. The number of hydrogen-bond donors (Lipinski definition) is 0. The SMILES string of the molecule is C=C1C(=O)c2sccc2[C@@H](c2ccc(OC)c(OC)c2)[C@@H]1COC(C)=O. The first-order valence-corrected chi connectivity index (χ1v) is 9.02. The Balaban J connectivity index is 2.11. The standard InChI is InChI=1S/C20H20O5S/c1-11-15(10-25-12(2)21)18(14-7-8-26-20(14)19(11)22)13-5-6-16(23-3)17(9-13)24-4/h5-9,15,18H,1,10H2,2-4H3/t15-,18-/m1/s1. The molecule has 136 valence electrons. The maximum Gasteiger partial charge on any atom is 0.302 e. The number of rotatable bonds is 5. The number of benzene rings is 1. The summed E-state index contributed by atoms with van der Waals surface area (Å²) in [5.41, 5.74) is 2.34. The Kier molecular flexibility index (Phi) is 5.13. The van der Waals surface area contributed by atoms with Gasteiger partial charge in [0.25, 0.3) is 0 Å². The van der Waals surface area contributed by atoms with Gasteiger partial charge in [0.2, 0.25) is 0 Å². The second-order valence-corrected chi connectivity index (χ2v) is 6.98. The minimum atomic E-state index is -0.382. The van der Waals surface area contributed by atoms with Gasteiger partial charge in [-0.3, -0.25) is 9.59 Å². The predicted octanol–water partition coefficient (Wildman–Crippen LogP) is 3.83. The van der Waals surface area contributed by atoms with Gasteiger partial charge in [-0.2, -0.15) is 0 Å². The average Bonchev–Trinajstić information content (AvgIpc) is 3.12. The maximum absolute atomic E-state index is 12.7. The van der Waals surface area contributed by atoms with Crippen LogP contribution in [-0.4, -0.2) is 32.6 Å². The lowest BCUT2D eigenvalue weighted by Gasteiger charge is -2.33. The molecule has 0 unspecified atom stereocenters. The largest absolute Gasteiger partial charge is 0.493 e. The monoisotopic (exact) mass is 372 g/mol. The van der Waals surface area contributed by atoms with E-state index >= 15 is 0 Å². The van der Waals surface area contributed by atoms with Crippen molar-refractivity contribution in [2.24, 2.45) is 5.92 Å². The summed E-state index contributed by atoms with van der Waals surface area (Å²) in [6, 6.07) is 7.63. The number of Topliss-reactive ketones (excluding diaryl/α,β-unsaturated/α-hetero) is 1. The molecule has 2 atom stereocenters. The maximum atomic E-state index is 12.7. The summed E-state index contributed by atoms with van der Waals surface area (Å²) >= 11 is 1.41. The van der Waals surface area contributed by atoms with Gasteiger partial charge >= 0.3 is 5.97 Å². The molecule has 0 fully saturated rings. The van der Waals surface area contributed by atoms with Gasteiger partial charge in [0, 0.05) is 24.3 Å². The van der Waals surface area contributed by atoms with E-state index in [9.17, 15) is 9.59 Å². The van der Waals surface area contributed by atoms with E-state index < -0.39 is 0 Å². The number of ether oxygens (including phenoxy) is 3. The highest BCUT2D eigenvalue weighted by Crippen LogP contribution is 2.46. The zero-order valence-corrected chi connectivity index (χ0v) is 15.7. The molecule has 1 aromatic heterocycles. The van der Waals surface area contributed by atoms with E-state index in [1.165, 1.54) is 18.3 Å². The third kappa shape index (κ3) is 3.12. The molecule has 2 aromatic rings. The molecule has 0 aliphatic heterocycles. The molecule has 0 saturated carbocycles. The van der Waals surface area contributed by atoms with Crippen molar-refractivity contribution in [3.8, 4) is 11.5 Å². The highest BCUT2D eigenvalue weighted by atomic mass is 32.1. The van der Waals surface area contributed by atoms with Gasteiger partial charge in [-0.05, 0) is 34.7 Å². The van der Waals surface area contributed by atoms with Crippen molar-refractivity contribution in [3.05, 3.63) is 57.8 Å². The lowest BCUT2D eigenvalue weighted by Crippen LogP contribution is -2.31. The molecule has 0 radical (unpaired) electrons. The van der Waals surface area contributed by atoms with Crippen molar-refractivity contribution >= 4 is 23.1 Å². The molecule has 1 aliphatic rings. The molecule has 3 rings (SSSR count). The van der Waals surface area contributed by atoms with Crippen LogP contribution in [-0.2, 0) is 9.53 Å². The Morgan fingerprint density at radius 2 is 1.92 bits per heavy atom. The zero-order chi connectivity index (χ0) is 18.8. The topological polar surface area (TPSA) is 61.8 Å². The summed E-state index contributed by atoms with van der Waals surface area (Å²) < 4.78 is 16.0. The van der Waals surface area contributed by atoms with Gasteiger partial charge in [-0.25, -0.2) is 0 Å². The Morgan fingerprint density at radius 3 is 2.58 bits per heavy atom. The summed E-state index contributed by atoms with van der Waals surface area (Å²) in [5.74, 6) is 0.295. The average molecular weight is 372 g/mol. The van der Waals surface area contributed by atoms with E-state index in [1.807, 2.05) is 29.6 Å². The Morgan fingerprint density at radius 1 is 1.19 bits per heavy atom. The van der Waals surface area contributed by atoms with Crippen LogP contribution in [0.3, 0.4) is 0 Å². The molecule has 0 spiro atoms. The van der Waals surface area contributed by atoms with Gasteiger partial charge in [-0.15, -0.1) is 11.3 Å². The van der Waals surface area contributed by atoms with Crippen LogP contribution in [0.1, 0.15) is 33.6 Å². The van der Waals surface area contributed by atoms with Gasteiger partial charge < -0.3 is 14.2 Å². The van der Waals surface area contributed by atoms with Crippen molar-refractivity contribution in [2.45, 2.75) is 12.8 Å². The zero-order valence-electron chi connectivity index (χ0n) is 14.9. The number of carbonyl (C=O) groups is 2. The first-order chi connectivity index (χ1) is 12.5. The fourth-order valence-corrected chi connectivity index (χ4v) is 4.26. The molecule has 0 bridgehead atoms. The smallest absolute Gasteiger partial charge is 0.302 e. The van der Waals surface area contributed by atoms with Crippen LogP contribution in [0, 0.1) is 5.92 Å². The first kappa shape index (κ1) is 18.2. The highest BCUT2D eigenvalue weighted by Gasteiger charge is 2.39. The number of ketones is 1. The number of carbonyl (C=O) groups excluding carboxylic acids is 2. The number of fused-ring (bicyclic) bond motifs is 1. The molecule has 0 saturated heterocycles. The van der Waals surface area contributed by atoms with Crippen LogP contribution < -0.4 is 9.47 Å². The van der Waals surface area contributed by atoms with Gasteiger partial charge in [-0.1, -0.05) is 12.6 Å². The molecule has 1 aliphatic carbocycles. The van der Waals surface area contributed by atoms with Gasteiger partial charge in [0.05, 0.1) is 25.7 Å². The second-order valence-electron chi connectivity index (χ2n) is 6.06. The highest BCUT2D eigenvalue weighted by molar-refractivity contribution is 7.12. The number of hydrogen-bond acceptors (Lipinski definition) is 6. The first-order valence-electron chi connectivity index (χ1n) is 8.14. The number of thiophene rings is 1. The van der Waals surface area contributed by atoms with E-state index in [-0.39, 0.29) is 30.2 Å². The predicted molar refractivity (Wildman–Crippen MR) is 99.3 cm³/mol. The van der Waals surface area contributed by atoms with Crippen LogP contribution >= 0.6 is 11.3 Å². The minimum Gasteiger partial charge on any atom is -0.493 e. The molecule has 1 aromatic carbocycles. The number of esters is 1. The normalized spacial score (nSPS) is 19.0. The van der Waals surface area contributed by atoms with Crippen LogP contribution in [0.15, 0.2) is 41.8 Å².